The monoisotopic (exact) mass is 1140 g/mol. The molecule has 6 heteroatoms. The summed E-state index contributed by atoms with van der Waals surface area (Å²) in [7, 11) is 0. The number of carbonyl (C=O) groups excluding carboxylic acids is 1. The van der Waals surface area contributed by atoms with Gasteiger partial charge in [0.2, 0.25) is 5.91 Å². The second-order valence-corrected chi connectivity index (χ2v) is 26.4. The van der Waals surface area contributed by atoms with Gasteiger partial charge in [0.1, 0.15) is 12.2 Å². The summed E-state index contributed by atoms with van der Waals surface area (Å²) in [6, 6.07) is -0.985. The lowest BCUT2D eigenvalue weighted by molar-refractivity contribution is -0.132. The molecule has 0 radical (unpaired) electrons. The number of hydrogen-bond donors (Lipinski definition) is 5. The van der Waals surface area contributed by atoms with Gasteiger partial charge in [0, 0.05) is 0 Å². The molecule has 0 aliphatic heterocycles. The SMILES string of the molecule is CCCCCCCCCCCCCCCCCC/C=C\CCCCCCCCCCCCCCCCCCC(O)C(=O)NC(CO)C(O)C(O)CCCCCCCCCCCCCCCCCCCCCCCCCCCCCCC. The highest BCUT2D eigenvalue weighted by molar-refractivity contribution is 5.80. The molecule has 0 fully saturated rings. The Labute approximate surface area is 508 Å². The van der Waals surface area contributed by atoms with Crippen LogP contribution >= 0.6 is 0 Å². The van der Waals surface area contributed by atoms with Crippen molar-refractivity contribution in [1.29, 1.82) is 0 Å². The van der Waals surface area contributed by atoms with Crippen LogP contribution in [0.15, 0.2) is 12.2 Å². The smallest absolute Gasteiger partial charge is 0.249 e. The number of aliphatic hydroxyl groups is 4. The van der Waals surface area contributed by atoms with Crippen LogP contribution in [-0.4, -0.2) is 57.3 Å². The van der Waals surface area contributed by atoms with E-state index in [-0.39, 0.29) is 0 Å². The van der Waals surface area contributed by atoms with Gasteiger partial charge in [0.05, 0.1) is 18.8 Å². The van der Waals surface area contributed by atoms with E-state index in [1.165, 1.54) is 366 Å². The maximum Gasteiger partial charge on any atom is 0.249 e. The molecule has 1 amide bonds. The van der Waals surface area contributed by atoms with E-state index in [9.17, 15) is 25.2 Å². The van der Waals surface area contributed by atoms with Crippen LogP contribution in [0.1, 0.15) is 431 Å². The summed E-state index contributed by atoms with van der Waals surface area (Å²) < 4.78 is 0. The highest BCUT2D eigenvalue weighted by Gasteiger charge is 2.29. The number of allylic oxidation sites excluding steroid dienone is 2. The normalized spacial score (nSPS) is 13.4. The summed E-state index contributed by atoms with van der Waals surface area (Å²) in [6.07, 6.45) is 87.9. The van der Waals surface area contributed by atoms with Crippen molar-refractivity contribution in [2.45, 2.75) is 456 Å². The molecule has 0 saturated carbocycles. The molecule has 0 aromatic carbocycles. The van der Waals surface area contributed by atoms with Gasteiger partial charge in [-0.3, -0.25) is 4.79 Å². The van der Waals surface area contributed by atoms with Gasteiger partial charge in [-0.25, -0.2) is 0 Å². The predicted octanol–water partition coefficient (Wildman–Crippen LogP) is 23.5. The fourth-order valence-corrected chi connectivity index (χ4v) is 12.4. The van der Waals surface area contributed by atoms with Crippen LogP contribution in [0, 0.1) is 0 Å². The minimum Gasteiger partial charge on any atom is -0.394 e. The van der Waals surface area contributed by atoms with Crippen LogP contribution < -0.4 is 5.32 Å². The number of unbranched alkanes of at least 4 members (excludes halogenated alkanes) is 60. The van der Waals surface area contributed by atoms with Crippen LogP contribution in [0.25, 0.3) is 0 Å². The Hall–Kier alpha value is -0.950. The van der Waals surface area contributed by atoms with Crippen LogP contribution in [0.3, 0.4) is 0 Å². The van der Waals surface area contributed by atoms with Crippen LogP contribution in [0.4, 0.5) is 0 Å². The van der Waals surface area contributed by atoms with Crippen molar-refractivity contribution in [2.24, 2.45) is 0 Å². The first kappa shape index (κ1) is 80.0. The average Bonchev–Trinajstić information content (AvgIpc) is 3.47. The maximum absolute atomic E-state index is 12.7. The van der Waals surface area contributed by atoms with Crippen LogP contribution in [-0.2, 0) is 4.79 Å². The Morgan fingerprint density at radius 3 is 0.716 bits per heavy atom. The molecule has 0 aromatic rings. The van der Waals surface area contributed by atoms with Gasteiger partial charge in [0.15, 0.2) is 0 Å². The van der Waals surface area contributed by atoms with Crippen LogP contribution in [0.2, 0.25) is 0 Å². The molecular weight excluding hydrogens is 995 g/mol. The summed E-state index contributed by atoms with van der Waals surface area (Å²) in [5.74, 6) is -0.574. The molecule has 0 saturated heterocycles. The summed E-state index contributed by atoms with van der Waals surface area (Å²) in [4.78, 5) is 12.7. The Bertz CT molecular complexity index is 1200. The molecule has 81 heavy (non-hydrogen) atoms. The fraction of sp³-hybridized carbons (Fsp3) is 0.960. The quantitative estimate of drug-likeness (QED) is 0.0308. The van der Waals surface area contributed by atoms with E-state index in [4.69, 9.17) is 0 Å². The predicted molar refractivity (Wildman–Crippen MR) is 358 cm³/mol. The van der Waals surface area contributed by atoms with E-state index >= 15 is 0 Å². The van der Waals surface area contributed by atoms with Gasteiger partial charge in [0.25, 0.3) is 0 Å². The molecule has 0 heterocycles. The minimum absolute atomic E-state index is 0.374. The van der Waals surface area contributed by atoms with Gasteiger partial charge < -0.3 is 25.7 Å². The highest BCUT2D eigenvalue weighted by Crippen LogP contribution is 2.20. The van der Waals surface area contributed by atoms with E-state index in [2.05, 4.69) is 31.3 Å². The zero-order valence-corrected chi connectivity index (χ0v) is 55.3. The van der Waals surface area contributed by atoms with Crippen molar-refractivity contribution in [2.75, 3.05) is 6.61 Å². The zero-order chi connectivity index (χ0) is 58.7. The molecule has 0 aromatic heterocycles. The number of rotatable bonds is 71. The molecular formula is C75H149NO5. The topological polar surface area (TPSA) is 110 Å². The Kier molecular flexibility index (Phi) is 69.0. The number of carbonyl (C=O) groups is 1. The molecule has 0 rings (SSSR count). The minimum atomic E-state index is -1.26. The molecule has 0 bridgehead atoms. The third kappa shape index (κ3) is 63.4. The molecule has 4 unspecified atom stereocenters. The largest absolute Gasteiger partial charge is 0.394 e. The average molecular weight is 1150 g/mol. The van der Waals surface area contributed by atoms with E-state index in [1.807, 2.05) is 0 Å². The van der Waals surface area contributed by atoms with E-state index in [0.717, 1.165) is 38.5 Å². The van der Waals surface area contributed by atoms with Gasteiger partial charge >= 0.3 is 0 Å². The first-order chi connectivity index (χ1) is 40.0. The maximum atomic E-state index is 12.7. The molecule has 4 atom stereocenters. The summed E-state index contributed by atoms with van der Waals surface area (Å²) in [6.45, 7) is 4.12. The molecule has 0 aliphatic carbocycles. The van der Waals surface area contributed by atoms with Crippen molar-refractivity contribution in [3.8, 4) is 0 Å². The number of aliphatic hydroxyl groups excluding tert-OH is 4. The van der Waals surface area contributed by atoms with E-state index < -0.39 is 36.9 Å². The van der Waals surface area contributed by atoms with Gasteiger partial charge in [-0.1, -0.05) is 405 Å². The highest BCUT2D eigenvalue weighted by atomic mass is 16.3. The van der Waals surface area contributed by atoms with Crippen molar-refractivity contribution >= 4 is 5.91 Å². The van der Waals surface area contributed by atoms with Crippen molar-refractivity contribution < 1.29 is 25.2 Å². The number of amides is 1. The molecule has 5 N–H and O–H groups in total. The van der Waals surface area contributed by atoms with Crippen molar-refractivity contribution in [3.63, 3.8) is 0 Å². The Morgan fingerprint density at radius 2 is 0.494 bits per heavy atom. The van der Waals surface area contributed by atoms with Crippen LogP contribution in [0.5, 0.6) is 0 Å². The summed E-state index contributed by atoms with van der Waals surface area (Å²) in [5.41, 5.74) is 0. The van der Waals surface area contributed by atoms with Crippen molar-refractivity contribution in [1.82, 2.24) is 5.32 Å². The first-order valence-electron chi connectivity index (χ1n) is 37.6. The van der Waals surface area contributed by atoms with Gasteiger partial charge in [-0.05, 0) is 38.5 Å². The molecule has 0 aliphatic rings. The van der Waals surface area contributed by atoms with Gasteiger partial charge in [-0.15, -0.1) is 0 Å². The second-order valence-electron chi connectivity index (χ2n) is 26.4. The Morgan fingerprint density at radius 1 is 0.296 bits per heavy atom. The van der Waals surface area contributed by atoms with E-state index in [1.54, 1.807) is 0 Å². The third-order valence-electron chi connectivity index (χ3n) is 18.2. The lowest BCUT2D eigenvalue weighted by Crippen LogP contribution is -2.53. The molecule has 6 nitrogen and oxygen atoms in total. The lowest BCUT2D eigenvalue weighted by atomic mass is 9.99. The first-order valence-corrected chi connectivity index (χ1v) is 37.6. The third-order valence-corrected chi connectivity index (χ3v) is 18.2. The second kappa shape index (κ2) is 69.8. The number of hydrogen-bond acceptors (Lipinski definition) is 5. The Balaban J connectivity index is 3.50. The fourth-order valence-electron chi connectivity index (χ4n) is 12.4. The van der Waals surface area contributed by atoms with E-state index in [0.29, 0.717) is 12.8 Å². The summed E-state index contributed by atoms with van der Waals surface area (Å²) in [5, 5.41) is 44.3. The number of nitrogens with one attached hydrogen (secondary N) is 1. The molecule has 0 spiro atoms. The molecule has 484 valence electrons. The zero-order valence-electron chi connectivity index (χ0n) is 55.3. The van der Waals surface area contributed by atoms with Crippen molar-refractivity contribution in [3.05, 3.63) is 12.2 Å². The lowest BCUT2D eigenvalue weighted by Gasteiger charge is -2.27. The summed E-state index contributed by atoms with van der Waals surface area (Å²) >= 11 is 0. The standard InChI is InChI=1S/C75H149NO5/c1-3-5-7-9-11-13-15-17-19-21-23-25-27-29-31-33-34-35-36-37-38-39-41-43-45-47-49-51-53-55-57-59-61-63-65-67-69-73(79)75(81)76-71(70-77)74(80)72(78)68-66-64-62-60-58-56-54-52-50-48-46-44-42-40-32-30-28-26-24-22-20-18-16-14-12-10-8-6-4-2/h35-36,71-74,77-80H,3-34,37-70H2,1-2H3,(H,76,81)/b36-35-. The van der Waals surface area contributed by atoms with Gasteiger partial charge in [-0.2, -0.15) is 0 Å².